The number of Topliss-reactive ketones (excluding diaryl/α,β-unsaturated/α-hetero) is 1. The molecule has 2 rings (SSSR count). The van der Waals surface area contributed by atoms with Crippen molar-refractivity contribution in [2.45, 2.75) is 19.4 Å². The number of ketones is 1. The van der Waals surface area contributed by atoms with Gasteiger partial charge in [0.2, 0.25) is 5.91 Å². The lowest BCUT2D eigenvalue weighted by molar-refractivity contribution is -0.118. The fourth-order valence-corrected chi connectivity index (χ4v) is 1.94. The number of carbonyl (C=O) groups is 2. The van der Waals surface area contributed by atoms with Gasteiger partial charge in [0.25, 0.3) is 0 Å². The summed E-state index contributed by atoms with van der Waals surface area (Å²) in [5.41, 5.74) is 7.03. The summed E-state index contributed by atoms with van der Waals surface area (Å²) in [5, 5.41) is 2.81. The van der Waals surface area contributed by atoms with Gasteiger partial charge in [0.05, 0.1) is 5.92 Å². The van der Waals surface area contributed by atoms with Gasteiger partial charge in [-0.15, -0.1) is 0 Å². The Kier molecular flexibility index (Phi) is 3.58. The Morgan fingerprint density at radius 2 is 1.89 bits per heavy atom. The normalized spacial score (nSPS) is 21.9. The van der Waals surface area contributed by atoms with E-state index in [9.17, 15) is 9.59 Å². The number of nitrogens with two attached hydrogens (primary N) is 1. The van der Waals surface area contributed by atoms with Gasteiger partial charge in [0.1, 0.15) is 0 Å². The third kappa shape index (κ3) is 2.84. The highest BCUT2D eigenvalue weighted by molar-refractivity contribution is 5.96. The van der Waals surface area contributed by atoms with Crippen molar-refractivity contribution >= 4 is 17.4 Å². The standard InChI is InChI=1S/C14H16N2O2/c1-9(17)10-3-6-13(7-4-10)16-14(18)11-2-5-12(15)8-11/h2-7,11-12H,8,15H2,1H3,(H,16,18). The average Bonchev–Trinajstić information content (AvgIpc) is 2.76. The highest BCUT2D eigenvalue weighted by Gasteiger charge is 2.22. The van der Waals surface area contributed by atoms with Crippen LogP contribution in [0.2, 0.25) is 0 Å². The molecule has 0 aromatic heterocycles. The third-order valence-corrected chi connectivity index (χ3v) is 3.01. The van der Waals surface area contributed by atoms with E-state index in [-0.39, 0.29) is 23.7 Å². The molecule has 18 heavy (non-hydrogen) atoms. The molecule has 4 nitrogen and oxygen atoms in total. The maximum atomic E-state index is 11.9. The van der Waals surface area contributed by atoms with Gasteiger partial charge in [0.15, 0.2) is 5.78 Å². The largest absolute Gasteiger partial charge is 0.326 e. The lowest BCUT2D eigenvalue weighted by Gasteiger charge is -2.10. The number of benzene rings is 1. The zero-order valence-electron chi connectivity index (χ0n) is 10.2. The maximum Gasteiger partial charge on any atom is 0.231 e. The van der Waals surface area contributed by atoms with Crippen LogP contribution in [0.1, 0.15) is 23.7 Å². The van der Waals surface area contributed by atoms with Gasteiger partial charge in [-0.25, -0.2) is 0 Å². The Bertz CT molecular complexity index is 491. The van der Waals surface area contributed by atoms with Crippen LogP contribution in [0.15, 0.2) is 36.4 Å². The van der Waals surface area contributed by atoms with Crippen molar-refractivity contribution in [1.82, 2.24) is 0 Å². The molecular weight excluding hydrogens is 228 g/mol. The Hall–Kier alpha value is -1.94. The highest BCUT2D eigenvalue weighted by atomic mass is 16.2. The Morgan fingerprint density at radius 3 is 2.39 bits per heavy atom. The predicted octanol–water partition coefficient (Wildman–Crippen LogP) is 1.73. The lowest BCUT2D eigenvalue weighted by Crippen LogP contribution is -2.23. The minimum atomic E-state index is -0.160. The van der Waals surface area contributed by atoms with Gasteiger partial charge in [-0.2, -0.15) is 0 Å². The van der Waals surface area contributed by atoms with E-state index in [1.807, 2.05) is 12.2 Å². The fourth-order valence-electron chi connectivity index (χ4n) is 1.94. The molecule has 0 spiro atoms. The topological polar surface area (TPSA) is 72.2 Å². The molecule has 1 aromatic rings. The Balaban J connectivity index is 1.99. The molecule has 0 bridgehead atoms. The van der Waals surface area contributed by atoms with Crippen LogP contribution < -0.4 is 11.1 Å². The predicted molar refractivity (Wildman–Crippen MR) is 70.3 cm³/mol. The van der Waals surface area contributed by atoms with Crippen molar-refractivity contribution < 1.29 is 9.59 Å². The van der Waals surface area contributed by atoms with Crippen LogP contribution in [0, 0.1) is 5.92 Å². The number of hydrogen-bond donors (Lipinski definition) is 2. The van der Waals surface area contributed by atoms with E-state index in [1.165, 1.54) is 6.92 Å². The van der Waals surface area contributed by atoms with Crippen molar-refractivity contribution in [1.29, 1.82) is 0 Å². The Morgan fingerprint density at radius 1 is 1.22 bits per heavy atom. The molecule has 1 aromatic carbocycles. The summed E-state index contributed by atoms with van der Waals surface area (Å²) < 4.78 is 0. The quantitative estimate of drug-likeness (QED) is 0.628. The van der Waals surface area contributed by atoms with E-state index >= 15 is 0 Å². The second kappa shape index (κ2) is 5.14. The smallest absolute Gasteiger partial charge is 0.231 e. The molecule has 4 heteroatoms. The summed E-state index contributed by atoms with van der Waals surface area (Å²) in [6, 6.07) is 6.84. The Labute approximate surface area is 106 Å². The van der Waals surface area contributed by atoms with Crippen molar-refractivity contribution in [2.24, 2.45) is 11.7 Å². The van der Waals surface area contributed by atoms with E-state index < -0.39 is 0 Å². The van der Waals surface area contributed by atoms with Crippen LogP contribution in [0.5, 0.6) is 0 Å². The lowest BCUT2D eigenvalue weighted by atomic mass is 10.1. The van der Waals surface area contributed by atoms with E-state index in [4.69, 9.17) is 5.73 Å². The molecule has 0 aliphatic heterocycles. The molecule has 3 N–H and O–H groups in total. The summed E-state index contributed by atoms with van der Waals surface area (Å²) in [6.07, 6.45) is 4.34. The van der Waals surface area contributed by atoms with E-state index in [0.717, 1.165) is 0 Å². The van der Waals surface area contributed by atoms with Crippen molar-refractivity contribution in [3.63, 3.8) is 0 Å². The first-order valence-electron chi connectivity index (χ1n) is 5.92. The van der Waals surface area contributed by atoms with Crippen molar-refractivity contribution in [3.8, 4) is 0 Å². The number of carbonyl (C=O) groups excluding carboxylic acids is 2. The van der Waals surface area contributed by atoms with Gasteiger partial charge in [-0.1, -0.05) is 12.2 Å². The van der Waals surface area contributed by atoms with Crippen LogP contribution in [-0.2, 0) is 4.79 Å². The van der Waals surface area contributed by atoms with Crippen molar-refractivity contribution in [2.75, 3.05) is 5.32 Å². The fraction of sp³-hybridized carbons (Fsp3) is 0.286. The van der Waals surface area contributed by atoms with Gasteiger partial charge in [-0.05, 0) is 37.6 Å². The molecule has 94 valence electrons. The summed E-state index contributed by atoms with van der Waals surface area (Å²) in [5.74, 6) is -0.208. The van der Waals surface area contributed by atoms with E-state index in [1.54, 1.807) is 24.3 Å². The molecule has 2 atom stereocenters. The SMILES string of the molecule is CC(=O)c1ccc(NC(=O)C2C=CC(N)C2)cc1. The molecule has 0 saturated heterocycles. The molecule has 0 heterocycles. The van der Waals surface area contributed by atoms with Crippen LogP contribution in [0.25, 0.3) is 0 Å². The summed E-state index contributed by atoms with van der Waals surface area (Å²) in [4.78, 5) is 23.0. The third-order valence-electron chi connectivity index (χ3n) is 3.01. The molecule has 2 unspecified atom stereocenters. The number of hydrogen-bond acceptors (Lipinski definition) is 3. The minimum Gasteiger partial charge on any atom is -0.326 e. The van der Waals surface area contributed by atoms with Crippen molar-refractivity contribution in [3.05, 3.63) is 42.0 Å². The second-order valence-corrected chi connectivity index (χ2v) is 4.51. The molecule has 0 fully saturated rings. The first kappa shape index (κ1) is 12.5. The van der Waals surface area contributed by atoms with Crippen LogP contribution in [0.3, 0.4) is 0 Å². The van der Waals surface area contributed by atoms with Crippen LogP contribution >= 0.6 is 0 Å². The monoisotopic (exact) mass is 244 g/mol. The molecule has 1 aliphatic carbocycles. The summed E-state index contributed by atoms with van der Waals surface area (Å²) in [7, 11) is 0. The summed E-state index contributed by atoms with van der Waals surface area (Å²) in [6.45, 7) is 1.51. The second-order valence-electron chi connectivity index (χ2n) is 4.51. The number of rotatable bonds is 3. The number of amides is 1. The molecule has 0 saturated carbocycles. The van der Waals surface area contributed by atoms with E-state index in [0.29, 0.717) is 17.7 Å². The van der Waals surface area contributed by atoms with Gasteiger partial charge in [0, 0.05) is 17.3 Å². The summed E-state index contributed by atoms with van der Waals surface area (Å²) >= 11 is 0. The molecule has 0 radical (unpaired) electrons. The molecular formula is C14H16N2O2. The zero-order chi connectivity index (χ0) is 13.1. The number of nitrogens with one attached hydrogen (secondary N) is 1. The highest BCUT2D eigenvalue weighted by Crippen LogP contribution is 2.19. The van der Waals surface area contributed by atoms with Crippen LogP contribution in [-0.4, -0.2) is 17.7 Å². The van der Waals surface area contributed by atoms with Crippen LogP contribution in [0.4, 0.5) is 5.69 Å². The number of anilines is 1. The van der Waals surface area contributed by atoms with Gasteiger partial charge in [-0.3, -0.25) is 9.59 Å². The van der Waals surface area contributed by atoms with Gasteiger partial charge >= 0.3 is 0 Å². The first-order valence-corrected chi connectivity index (χ1v) is 5.92. The zero-order valence-corrected chi connectivity index (χ0v) is 10.2. The first-order chi connectivity index (χ1) is 8.56. The average molecular weight is 244 g/mol. The minimum absolute atomic E-state index is 0.0116. The van der Waals surface area contributed by atoms with Gasteiger partial charge < -0.3 is 11.1 Å². The van der Waals surface area contributed by atoms with E-state index in [2.05, 4.69) is 5.32 Å². The molecule has 1 aliphatic rings. The maximum absolute atomic E-state index is 11.9. The molecule has 1 amide bonds.